The maximum absolute atomic E-state index is 11.1. The quantitative estimate of drug-likeness (QED) is 0.547. The summed E-state index contributed by atoms with van der Waals surface area (Å²) >= 11 is 0. The lowest BCUT2D eigenvalue weighted by atomic mass is 10.4. The van der Waals surface area contributed by atoms with Gasteiger partial charge in [-0.05, 0) is 0 Å². The fraction of sp³-hybridized carbons (Fsp3) is 0.778. The molecule has 0 saturated heterocycles. The van der Waals surface area contributed by atoms with Gasteiger partial charge in [-0.1, -0.05) is 0 Å². The molecule has 0 spiro atoms. The van der Waals surface area contributed by atoms with Crippen molar-refractivity contribution in [3.05, 3.63) is 0 Å². The summed E-state index contributed by atoms with van der Waals surface area (Å²) in [5.41, 5.74) is 0. The van der Waals surface area contributed by atoms with Crippen molar-refractivity contribution in [1.82, 2.24) is 10.2 Å². The van der Waals surface area contributed by atoms with Gasteiger partial charge < -0.3 is 14.8 Å². The Balaban J connectivity index is 4.05. The minimum absolute atomic E-state index is 0.0906. The van der Waals surface area contributed by atoms with Gasteiger partial charge in [0.05, 0.1) is 26.8 Å². The van der Waals surface area contributed by atoms with Gasteiger partial charge in [0.1, 0.15) is 0 Å². The first-order valence-electron chi connectivity index (χ1n) is 4.62. The van der Waals surface area contributed by atoms with E-state index in [-0.39, 0.29) is 25.0 Å². The number of esters is 1. The Labute approximate surface area is 89.5 Å². The number of amides is 1. The van der Waals surface area contributed by atoms with Crippen LogP contribution in [-0.4, -0.2) is 64.3 Å². The first kappa shape index (κ1) is 13.9. The lowest BCUT2D eigenvalue weighted by Gasteiger charge is -2.19. The number of ether oxygens (including phenoxy) is 2. The standard InChI is InChI=1S/C9H18N2O4/c1-10-8(12)6-11(4-5-14-2)7-9(13)15-3/h4-7H2,1-3H3,(H,10,12). The Morgan fingerprint density at radius 2 is 1.93 bits per heavy atom. The summed E-state index contributed by atoms with van der Waals surface area (Å²) in [6.07, 6.45) is 0. The predicted octanol–water partition coefficient (Wildman–Crippen LogP) is -1.15. The van der Waals surface area contributed by atoms with E-state index in [1.165, 1.54) is 7.11 Å². The van der Waals surface area contributed by atoms with E-state index in [0.717, 1.165) is 0 Å². The molecule has 0 bridgehead atoms. The van der Waals surface area contributed by atoms with Crippen LogP contribution in [0.15, 0.2) is 0 Å². The fourth-order valence-electron chi connectivity index (χ4n) is 0.964. The summed E-state index contributed by atoms with van der Waals surface area (Å²) in [6, 6.07) is 0. The molecule has 0 aromatic heterocycles. The molecule has 0 radical (unpaired) electrons. The van der Waals surface area contributed by atoms with Crippen LogP contribution in [0.1, 0.15) is 0 Å². The lowest BCUT2D eigenvalue weighted by molar-refractivity contribution is -0.142. The van der Waals surface area contributed by atoms with E-state index in [1.807, 2.05) is 0 Å². The number of hydrogen-bond acceptors (Lipinski definition) is 5. The van der Waals surface area contributed by atoms with Gasteiger partial charge in [-0.25, -0.2) is 0 Å². The number of nitrogens with zero attached hydrogens (tertiary/aromatic N) is 1. The van der Waals surface area contributed by atoms with Gasteiger partial charge in [-0.15, -0.1) is 0 Å². The normalized spacial score (nSPS) is 10.1. The van der Waals surface area contributed by atoms with Gasteiger partial charge in [0.15, 0.2) is 0 Å². The summed E-state index contributed by atoms with van der Waals surface area (Å²) in [6.45, 7) is 1.23. The SMILES string of the molecule is CNC(=O)CN(CCOC)CC(=O)OC. The molecule has 6 heteroatoms. The van der Waals surface area contributed by atoms with Crippen LogP contribution in [0.4, 0.5) is 0 Å². The number of rotatable bonds is 7. The average Bonchev–Trinajstić information content (AvgIpc) is 2.25. The highest BCUT2D eigenvalue weighted by Crippen LogP contribution is 1.90. The van der Waals surface area contributed by atoms with Crippen LogP contribution < -0.4 is 5.32 Å². The van der Waals surface area contributed by atoms with Gasteiger partial charge in [-0.2, -0.15) is 0 Å². The largest absolute Gasteiger partial charge is 0.468 e. The van der Waals surface area contributed by atoms with Gasteiger partial charge in [-0.3, -0.25) is 14.5 Å². The van der Waals surface area contributed by atoms with E-state index in [9.17, 15) is 9.59 Å². The van der Waals surface area contributed by atoms with Crippen molar-refractivity contribution in [2.75, 3.05) is 47.5 Å². The first-order valence-corrected chi connectivity index (χ1v) is 4.62. The number of hydrogen-bond donors (Lipinski definition) is 1. The van der Waals surface area contributed by atoms with Crippen molar-refractivity contribution in [1.29, 1.82) is 0 Å². The molecule has 1 amide bonds. The van der Waals surface area contributed by atoms with Crippen molar-refractivity contribution in [3.63, 3.8) is 0 Å². The Hall–Kier alpha value is -1.14. The second kappa shape index (κ2) is 8.19. The molecule has 0 saturated carbocycles. The summed E-state index contributed by atoms with van der Waals surface area (Å²) < 4.78 is 9.40. The van der Waals surface area contributed by atoms with Crippen LogP contribution in [0.5, 0.6) is 0 Å². The molecule has 0 heterocycles. The second-order valence-electron chi connectivity index (χ2n) is 2.95. The topological polar surface area (TPSA) is 67.9 Å². The van der Waals surface area contributed by atoms with E-state index in [1.54, 1.807) is 19.1 Å². The van der Waals surface area contributed by atoms with E-state index < -0.39 is 0 Å². The van der Waals surface area contributed by atoms with Gasteiger partial charge >= 0.3 is 5.97 Å². The first-order chi connectivity index (χ1) is 7.13. The molecule has 0 rings (SSSR count). The molecule has 0 aliphatic carbocycles. The Kier molecular flexibility index (Phi) is 7.57. The van der Waals surface area contributed by atoms with E-state index >= 15 is 0 Å². The predicted molar refractivity (Wildman–Crippen MR) is 54.4 cm³/mol. The Bertz CT molecular complexity index is 190. The van der Waals surface area contributed by atoms with Crippen molar-refractivity contribution in [2.45, 2.75) is 0 Å². The van der Waals surface area contributed by atoms with Crippen molar-refractivity contribution < 1.29 is 19.1 Å². The minimum Gasteiger partial charge on any atom is -0.468 e. The van der Waals surface area contributed by atoms with Crippen LogP contribution in [-0.2, 0) is 19.1 Å². The van der Waals surface area contributed by atoms with Gasteiger partial charge in [0.2, 0.25) is 5.91 Å². The molecule has 0 aromatic carbocycles. The molecular formula is C9H18N2O4. The highest BCUT2D eigenvalue weighted by atomic mass is 16.5. The summed E-state index contributed by atoms with van der Waals surface area (Å²) in [7, 11) is 4.43. The van der Waals surface area contributed by atoms with Crippen molar-refractivity contribution in [2.24, 2.45) is 0 Å². The van der Waals surface area contributed by atoms with Crippen LogP contribution in [0.3, 0.4) is 0 Å². The number of nitrogens with one attached hydrogen (secondary N) is 1. The zero-order valence-corrected chi connectivity index (χ0v) is 9.41. The molecular weight excluding hydrogens is 200 g/mol. The molecule has 6 nitrogen and oxygen atoms in total. The maximum Gasteiger partial charge on any atom is 0.319 e. The molecule has 88 valence electrons. The van der Waals surface area contributed by atoms with Crippen LogP contribution in [0, 0.1) is 0 Å². The van der Waals surface area contributed by atoms with Crippen LogP contribution in [0.25, 0.3) is 0 Å². The molecule has 15 heavy (non-hydrogen) atoms. The fourth-order valence-corrected chi connectivity index (χ4v) is 0.964. The zero-order valence-electron chi connectivity index (χ0n) is 9.41. The molecule has 0 aromatic rings. The zero-order chi connectivity index (χ0) is 11.7. The van der Waals surface area contributed by atoms with Gasteiger partial charge in [0, 0.05) is 20.7 Å². The Morgan fingerprint density at radius 3 is 2.40 bits per heavy atom. The van der Waals surface area contributed by atoms with Gasteiger partial charge in [0.25, 0.3) is 0 Å². The van der Waals surface area contributed by atoms with E-state index in [0.29, 0.717) is 13.2 Å². The minimum atomic E-state index is -0.366. The second-order valence-corrected chi connectivity index (χ2v) is 2.95. The van der Waals surface area contributed by atoms with Crippen molar-refractivity contribution in [3.8, 4) is 0 Å². The molecule has 0 aliphatic rings. The molecule has 0 fully saturated rings. The summed E-state index contributed by atoms with van der Waals surface area (Å²) in [5, 5.41) is 2.49. The number of methoxy groups -OCH3 is 2. The highest BCUT2D eigenvalue weighted by molar-refractivity contribution is 5.78. The number of likely N-dealkylation sites (N-methyl/N-ethyl adjacent to an activating group) is 1. The highest BCUT2D eigenvalue weighted by Gasteiger charge is 2.13. The maximum atomic E-state index is 11.1. The van der Waals surface area contributed by atoms with E-state index in [4.69, 9.17) is 4.74 Å². The third kappa shape index (κ3) is 6.87. The summed E-state index contributed by atoms with van der Waals surface area (Å²) in [5.74, 6) is -0.509. The smallest absolute Gasteiger partial charge is 0.319 e. The van der Waals surface area contributed by atoms with E-state index in [2.05, 4.69) is 10.1 Å². The average molecular weight is 218 g/mol. The molecule has 0 unspecified atom stereocenters. The third-order valence-electron chi connectivity index (χ3n) is 1.84. The molecule has 1 N–H and O–H groups in total. The lowest BCUT2D eigenvalue weighted by Crippen LogP contribution is -2.40. The molecule has 0 aliphatic heterocycles. The molecule has 0 atom stereocenters. The van der Waals surface area contributed by atoms with Crippen molar-refractivity contribution >= 4 is 11.9 Å². The third-order valence-corrected chi connectivity index (χ3v) is 1.84. The number of carbonyl (C=O) groups excluding carboxylic acids is 2. The number of carbonyl (C=O) groups is 2. The Morgan fingerprint density at radius 1 is 1.27 bits per heavy atom. The van der Waals surface area contributed by atoms with Crippen LogP contribution >= 0.6 is 0 Å². The monoisotopic (exact) mass is 218 g/mol. The van der Waals surface area contributed by atoms with Crippen LogP contribution in [0.2, 0.25) is 0 Å². The summed E-state index contributed by atoms with van der Waals surface area (Å²) in [4.78, 5) is 23.8.